The van der Waals surface area contributed by atoms with Crippen LogP contribution in [0.2, 0.25) is 0 Å². The van der Waals surface area contributed by atoms with E-state index in [0.717, 1.165) is 31.0 Å². The minimum atomic E-state index is 0.682. The molecule has 0 amide bonds. The first-order valence-corrected chi connectivity index (χ1v) is 6.73. The van der Waals surface area contributed by atoms with Crippen LogP contribution in [0.15, 0.2) is 40.8 Å². The fourth-order valence-corrected chi connectivity index (χ4v) is 2.62. The topological polar surface area (TPSA) is 25.2 Å². The zero-order chi connectivity index (χ0) is 12.4. The van der Waals surface area contributed by atoms with Crippen molar-refractivity contribution >= 4 is 0 Å². The average Bonchev–Trinajstić information content (AvgIpc) is 2.83. The molecule has 1 aromatic carbocycles. The molecule has 2 aromatic rings. The standard InChI is InChI=1S/C16H19NO/c1-2-14-7-8-15(18-14)11-17-10-13-9-12-5-3-4-6-16(12)13/h3-8,13,17H,2,9-11H2,1H3. The van der Waals surface area contributed by atoms with E-state index in [1.807, 2.05) is 0 Å². The molecule has 0 fully saturated rings. The molecule has 0 radical (unpaired) electrons. The van der Waals surface area contributed by atoms with E-state index in [0.29, 0.717) is 5.92 Å². The van der Waals surface area contributed by atoms with Crippen LogP contribution in [-0.4, -0.2) is 6.54 Å². The summed E-state index contributed by atoms with van der Waals surface area (Å²) in [4.78, 5) is 0. The summed E-state index contributed by atoms with van der Waals surface area (Å²) in [5, 5.41) is 3.49. The van der Waals surface area contributed by atoms with Crippen molar-refractivity contribution in [1.82, 2.24) is 5.32 Å². The van der Waals surface area contributed by atoms with E-state index in [9.17, 15) is 0 Å². The third-order valence-electron chi connectivity index (χ3n) is 3.72. The average molecular weight is 241 g/mol. The molecule has 1 atom stereocenters. The predicted molar refractivity (Wildman–Crippen MR) is 72.7 cm³/mol. The van der Waals surface area contributed by atoms with Gasteiger partial charge in [-0.1, -0.05) is 31.2 Å². The number of hydrogen-bond donors (Lipinski definition) is 1. The molecule has 94 valence electrons. The maximum Gasteiger partial charge on any atom is 0.117 e. The number of fused-ring (bicyclic) bond motifs is 1. The van der Waals surface area contributed by atoms with Crippen molar-refractivity contribution in [3.05, 3.63) is 59.0 Å². The number of furan rings is 1. The first-order valence-electron chi connectivity index (χ1n) is 6.73. The lowest BCUT2D eigenvalue weighted by Crippen LogP contribution is -2.28. The number of rotatable bonds is 5. The van der Waals surface area contributed by atoms with Gasteiger partial charge in [0.05, 0.1) is 6.54 Å². The Bertz CT molecular complexity index is 529. The highest BCUT2D eigenvalue weighted by Crippen LogP contribution is 2.33. The third-order valence-corrected chi connectivity index (χ3v) is 3.72. The lowest BCUT2D eigenvalue weighted by molar-refractivity contribution is 0.438. The SMILES string of the molecule is CCc1ccc(CNCC2Cc3ccccc32)o1. The van der Waals surface area contributed by atoms with Gasteiger partial charge in [0.25, 0.3) is 0 Å². The van der Waals surface area contributed by atoms with Gasteiger partial charge in [-0.25, -0.2) is 0 Å². The van der Waals surface area contributed by atoms with Gasteiger partial charge in [-0.15, -0.1) is 0 Å². The highest BCUT2D eigenvalue weighted by molar-refractivity contribution is 5.40. The van der Waals surface area contributed by atoms with Gasteiger partial charge >= 0.3 is 0 Å². The van der Waals surface area contributed by atoms with Crippen molar-refractivity contribution < 1.29 is 4.42 Å². The molecule has 0 aliphatic heterocycles. The molecule has 18 heavy (non-hydrogen) atoms. The molecule has 0 bridgehead atoms. The number of benzene rings is 1. The van der Waals surface area contributed by atoms with Crippen molar-refractivity contribution in [2.75, 3.05) is 6.54 Å². The first kappa shape index (κ1) is 11.5. The molecule has 0 spiro atoms. The summed E-state index contributed by atoms with van der Waals surface area (Å²) in [5.74, 6) is 2.79. The molecule has 2 nitrogen and oxygen atoms in total. The van der Waals surface area contributed by atoms with Crippen molar-refractivity contribution in [1.29, 1.82) is 0 Å². The first-order chi connectivity index (χ1) is 8.86. The van der Waals surface area contributed by atoms with Crippen LogP contribution in [-0.2, 0) is 19.4 Å². The van der Waals surface area contributed by atoms with Gasteiger partial charge in [0.2, 0.25) is 0 Å². The zero-order valence-electron chi connectivity index (χ0n) is 10.8. The summed E-state index contributed by atoms with van der Waals surface area (Å²) in [6.07, 6.45) is 2.18. The van der Waals surface area contributed by atoms with Gasteiger partial charge in [-0.3, -0.25) is 0 Å². The summed E-state index contributed by atoms with van der Waals surface area (Å²) >= 11 is 0. The van der Waals surface area contributed by atoms with E-state index in [1.54, 1.807) is 0 Å². The van der Waals surface area contributed by atoms with Gasteiger partial charge in [0, 0.05) is 18.9 Å². The van der Waals surface area contributed by atoms with E-state index >= 15 is 0 Å². The van der Waals surface area contributed by atoms with E-state index in [1.165, 1.54) is 17.5 Å². The lowest BCUT2D eigenvalue weighted by atomic mass is 9.77. The number of aryl methyl sites for hydroxylation is 1. The molecule has 1 aliphatic rings. The molecule has 1 N–H and O–H groups in total. The van der Waals surface area contributed by atoms with Crippen LogP contribution >= 0.6 is 0 Å². The van der Waals surface area contributed by atoms with E-state index in [-0.39, 0.29) is 0 Å². The molecular formula is C16H19NO. The Balaban J connectivity index is 1.49. The van der Waals surface area contributed by atoms with Crippen LogP contribution in [0, 0.1) is 0 Å². The monoisotopic (exact) mass is 241 g/mol. The number of nitrogens with one attached hydrogen (secondary N) is 1. The van der Waals surface area contributed by atoms with Crippen LogP contribution in [0.4, 0.5) is 0 Å². The molecule has 2 heteroatoms. The molecule has 0 saturated carbocycles. The summed E-state index contributed by atoms with van der Waals surface area (Å²) < 4.78 is 5.67. The normalized spacial score (nSPS) is 17.3. The van der Waals surface area contributed by atoms with Crippen molar-refractivity contribution in [3.63, 3.8) is 0 Å². The van der Waals surface area contributed by atoms with Crippen LogP contribution in [0.25, 0.3) is 0 Å². The molecule has 1 unspecified atom stereocenters. The third kappa shape index (κ3) is 2.21. The minimum absolute atomic E-state index is 0.682. The fraction of sp³-hybridized carbons (Fsp3) is 0.375. The smallest absolute Gasteiger partial charge is 0.117 e. The summed E-state index contributed by atoms with van der Waals surface area (Å²) in [5.41, 5.74) is 3.02. The van der Waals surface area contributed by atoms with Gasteiger partial charge in [0.15, 0.2) is 0 Å². The van der Waals surface area contributed by atoms with Crippen LogP contribution in [0.1, 0.15) is 35.5 Å². The van der Waals surface area contributed by atoms with Gasteiger partial charge in [-0.05, 0) is 29.7 Å². The Labute approximate surface area is 108 Å². The molecule has 1 aromatic heterocycles. The second-order valence-corrected chi connectivity index (χ2v) is 4.95. The zero-order valence-corrected chi connectivity index (χ0v) is 10.8. The molecule has 3 rings (SSSR count). The molecule has 0 saturated heterocycles. The highest BCUT2D eigenvalue weighted by atomic mass is 16.3. The molecular weight excluding hydrogens is 222 g/mol. The fourth-order valence-electron chi connectivity index (χ4n) is 2.62. The van der Waals surface area contributed by atoms with Crippen LogP contribution in [0.3, 0.4) is 0 Å². The maximum absolute atomic E-state index is 5.67. The van der Waals surface area contributed by atoms with E-state index in [2.05, 4.69) is 48.6 Å². The Morgan fingerprint density at radius 2 is 2.00 bits per heavy atom. The van der Waals surface area contributed by atoms with Crippen LogP contribution in [0.5, 0.6) is 0 Å². The minimum Gasteiger partial charge on any atom is -0.465 e. The highest BCUT2D eigenvalue weighted by Gasteiger charge is 2.24. The lowest BCUT2D eigenvalue weighted by Gasteiger charge is -2.30. The maximum atomic E-state index is 5.67. The van der Waals surface area contributed by atoms with Crippen LogP contribution < -0.4 is 5.32 Å². The number of hydrogen-bond acceptors (Lipinski definition) is 2. The Morgan fingerprint density at radius 1 is 1.17 bits per heavy atom. The second-order valence-electron chi connectivity index (χ2n) is 4.95. The van der Waals surface area contributed by atoms with E-state index < -0.39 is 0 Å². The summed E-state index contributed by atoms with van der Waals surface area (Å²) in [6, 6.07) is 12.9. The Kier molecular flexibility index (Phi) is 3.20. The summed E-state index contributed by atoms with van der Waals surface area (Å²) in [6.45, 7) is 3.99. The quantitative estimate of drug-likeness (QED) is 0.869. The van der Waals surface area contributed by atoms with Crippen molar-refractivity contribution in [3.8, 4) is 0 Å². The van der Waals surface area contributed by atoms with Gasteiger partial charge in [0.1, 0.15) is 11.5 Å². The van der Waals surface area contributed by atoms with E-state index in [4.69, 9.17) is 4.42 Å². The second kappa shape index (κ2) is 4.99. The van der Waals surface area contributed by atoms with Gasteiger partial charge < -0.3 is 9.73 Å². The molecule has 1 heterocycles. The summed E-state index contributed by atoms with van der Waals surface area (Å²) in [7, 11) is 0. The van der Waals surface area contributed by atoms with Crippen molar-refractivity contribution in [2.24, 2.45) is 0 Å². The Hall–Kier alpha value is -1.54. The largest absolute Gasteiger partial charge is 0.465 e. The molecule has 1 aliphatic carbocycles. The van der Waals surface area contributed by atoms with Crippen molar-refractivity contribution in [2.45, 2.75) is 32.2 Å². The van der Waals surface area contributed by atoms with Gasteiger partial charge in [-0.2, -0.15) is 0 Å². The Morgan fingerprint density at radius 3 is 2.78 bits per heavy atom. The predicted octanol–water partition coefficient (Wildman–Crippen LogP) is 3.27.